The number of benzene rings is 2. The minimum absolute atomic E-state index is 0.185. The maximum Gasteiger partial charge on any atom is 0.256 e. The molecule has 0 heterocycles. The van der Waals surface area contributed by atoms with Gasteiger partial charge in [-0.2, -0.15) is 0 Å². The van der Waals surface area contributed by atoms with Crippen molar-refractivity contribution >= 4 is 33.4 Å². The lowest BCUT2D eigenvalue weighted by Gasteiger charge is -2.16. The molecular weight excluding hydrogens is 368 g/mol. The molecule has 0 unspecified atom stereocenters. The number of nitrogens with zero attached hydrogens (tertiary/aromatic N) is 1. The van der Waals surface area contributed by atoms with Crippen molar-refractivity contribution < 1.29 is 13.2 Å². The maximum atomic E-state index is 12.7. The molecule has 0 saturated heterocycles. The Bertz CT molecular complexity index is 907. The van der Waals surface area contributed by atoms with Gasteiger partial charge < -0.3 is 5.32 Å². The highest BCUT2D eigenvalue weighted by Crippen LogP contribution is 2.28. The third-order valence-electron chi connectivity index (χ3n) is 3.70. The van der Waals surface area contributed by atoms with Crippen molar-refractivity contribution in [3.8, 4) is 0 Å². The van der Waals surface area contributed by atoms with Gasteiger partial charge in [0.25, 0.3) is 5.91 Å². The van der Waals surface area contributed by atoms with Crippen LogP contribution < -0.4 is 5.32 Å². The number of sulfonamides is 1. The molecule has 0 aromatic heterocycles. The number of carbonyl (C=O) groups is 1. The molecule has 0 bridgehead atoms. The molecule has 1 N–H and O–H groups in total. The number of hydrogen-bond donors (Lipinski definition) is 1. The van der Waals surface area contributed by atoms with Gasteiger partial charge in [0.2, 0.25) is 10.0 Å². The monoisotopic (exact) mass is 392 g/mol. The first-order chi connectivity index (χ1) is 12.1. The topological polar surface area (TPSA) is 66.5 Å². The van der Waals surface area contributed by atoms with Crippen LogP contribution in [0, 0.1) is 6.92 Å². The van der Waals surface area contributed by atoms with E-state index >= 15 is 0 Å². The third kappa shape index (κ3) is 4.66. The van der Waals surface area contributed by atoms with Crippen molar-refractivity contribution in [2.45, 2.75) is 35.8 Å². The number of anilines is 1. The highest BCUT2D eigenvalue weighted by molar-refractivity contribution is 8.00. The first kappa shape index (κ1) is 20.5. The highest BCUT2D eigenvalue weighted by Gasteiger charge is 2.21. The molecule has 0 radical (unpaired) electrons. The summed E-state index contributed by atoms with van der Waals surface area (Å²) in [7, 11) is -0.606. The molecule has 0 fully saturated rings. The van der Waals surface area contributed by atoms with Gasteiger partial charge in [-0.05, 0) is 36.8 Å². The molecule has 0 spiro atoms. The van der Waals surface area contributed by atoms with Crippen molar-refractivity contribution in [2.75, 3.05) is 19.4 Å². The fourth-order valence-electron chi connectivity index (χ4n) is 2.36. The Labute approximate surface area is 159 Å². The van der Waals surface area contributed by atoms with Gasteiger partial charge in [0, 0.05) is 29.9 Å². The number of hydrogen-bond acceptors (Lipinski definition) is 4. The van der Waals surface area contributed by atoms with E-state index in [1.54, 1.807) is 36.9 Å². The second-order valence-corrected chi connectivity index (χ2v) is 10.1. The van der Waals surface area contributed by atoms with E-state index < -0.39 is 10.0 Å². The van der Waals surface area contributed by atoms with E-state index in [2.05, 4.69) is 19.2 Å². The number of amides is 1. The molecule has 26 heavy (non-hydrogen) atoms. The largest absolute Gasteiger partial charge is 0.322 e. The average molecular weight is 393 g/mol. The Hall–Kier alpha value is -1.83. The van der Waals surface area contributed by atoms with Gasteiger partial charge in [-0.25, -0.2) is 12.7 Å². The molecule has 0 saturated carbocycles. The van der Waals surface area contributed by atoms with Crippen molar-refractivity contribution in [1.29, 1.82) is 0 Å². The summed E-state index contributed by atoms with van der Waals surface area (Å²) in [4.78, 5) is 13.8. The van der Waals surface area contributed by atoms with Crippen LogP contribution >= 0.6 is 11.8 Å². The molecule has 2 rings (SSSR count). The van der Waals surface area contributed by atoms with E-state index in [1.165, 1.54) is 20.2 Å². The molecule has 0 aliphatic carbocycles. The second-order valence-electron chi connectivity index (χ2n) is 6.38. The summed E-state index contributed by atoms with van der Waals surface area (Å²) < 4.78 is 26.1. The summed E-state index contributed by atoms with van der Waals surface area (Å²) in [5, 5.41) is 3.16. The molecule has 140 valence electrons. The van der Waals surface area contributed by atoms with Gasteiger partial charge in [-0.1, -0.05) is 32.0 Å². The van der Waals surface area contributed by atoms with E-state index in [1.807, 2.05) is 18.2 Å². The number of thioether (sulfide) groups is 1. The molecule has 0 aliphatic rings. The summed E-state index contributed by atoms with van der Waals surface area (Å²) >= 11 is 1.61. The van der Waals surface area contributed by atoms with Crippen LogP contribution in [0.3, 0.4) is 0 Å². The zero-order valence-corrected chi connectivity index (χ0v) is 17.2. The van der Waals surface area contributed by atoms with Crippen LogP contribution in [0.2, 0.25) is 0 Å². The smallest absolute Gasteiger partial charge is 0.256 e. The Kier molecular flexibility index (Phi) is 6.49. The lowest BCUT2D eigenvalue weighted by molar-refractivity contribution is 0.102. The van der Waals surface area contributed by atoms with Crippen molar-refractivity contribution in [3.63, 3.8) is 0 Å². The predicted molar refractivity (Wildman–Crippen MR) is 107 cm³/mol. The SMILES string of the molecule is Cc1ccc(NC(=O)c2ccccc2SC(C)C)cc1S(=O)(=O)N(C)C. The van der Waals surface area contributed by atoms with Crippen molar-refractivity contribution in [3.05, 3.63) is 53.6 Å². The molecule has 5 nitrogen and oxygen atoms in total. The Morgan fingerprint density at radius 2 is 1.77 bits per heavy atom. The van der Waals surface area contributed by atoms with Crippen LogP contribution in [-0.4, -0.2) is 38.0 Å². The summed E-state index contributed by atoms with van der Waals surface area (Å²) in [6, 6.07) is 12.3. The van der Waals surface area contributed by atoms with Crippen LogP contribution in [0.1, 0.15) is 29.8 Å². The van der Waals surface area contributed by atoms with Crippen molar-refractivity contribution in [2.24, 2.45) is 0 Å². The normalized spacial score (nSPS) is 11.8. The van der Waals surface area contributed by atoms with Gasteiger partial charge in [-0.3, -0.25) is 4.79 Å². The van der Waals surface area contributed by atoms with Gasteiger partial charge >= 0.3 is 0 Å². The maximum absolute atomic E-state index is 12.7. The number of rotatable bonds is 6. The lowest BCUT2D eigenvalue weighted by atomic mass is 10.2. The molecule has 0 atom stereocenters. The minimum Gasteiger partial charge on any atom is -0.322 e. The van der Waals surface area contributed by atoms with Gasteiger partial charge in [0.1, 0.15) is 0 Å². The standard InChI is InChI=1S/C19H24N2O3S2/c1-13(2)25-17-9-7-6-8-16(17)19(22)20-15-11-10-14(3)18(12-15)26(23,24)21(4)5/h6-13H,1-5H3,(H,20,22). The minimum atomic E-state index is -3.58. The van der Waals surface area contributed by atoms with E-state index in [9.17, 15) is 13.2 Å². The fourth-order valence-corrected chi connectivity index (χ4v) is 4.46. The number of carbonyl (C=O) groups excluding carboxylic acids is 1. The zero-order valence-electron chi connectivity index (χ0n) is 15.6. The third-order valence-corrected chi connectivity index (χ3v) is 6.74. The van der Waals surface area contributed by atoms with E-state index in [0.717, 1.165) is 9.20 Å². The summed E-state index contributed by atoms with van der Waals surface area (Å²) in [5.41, 5.74) is 1.65. The average Bonchev–Trinajstić information content (AvgIpc) is 2.56. The van der Waals surface area contributed by atoms with Crippen LogP contribution in [0.4, 0.5) is 5.69 Å². The van der Waals surface area contributed by atoms with Crippen molar-refractivity contribution in [1.82, 2.24) is 4.31 Å². The van der Waals surface area contributed by atoms with E-state index in [0.29, 0.717) is 22.1 Å². The number of aryl methyl sites for hydroxylation is 1. The Balaban J connectivity index is 2.34. The summed E-state index contributed by atoms with van der Waals surface area (Å²) in [6.45, 7) is 5.87. The molecule has 0 aliphatic heterocycles. The fraction of sp³-hybridized carbons (Fsp3) is 0.316. The molecule has 2 aromatic rings. The van der Waals surface area contributed by atoms with Gasteiger partial charge in [0.05, 0.1) is 10.5 Å². The molecule has 7 heteroatoms. The van der Waals surface area contributed by atoms with Crippen LogP contribution in [0.5, 0.6) is 0 Å². The summed E-state index contributed by atoms with van der Waals surface area (Å²) in [5.74, 6) is -0.259. The van der Waals surface area contributed by atoms with Crippen LogP contribution in [0.15, 0.2) is 52.3 Å². The highest BCUT2D eigenvalue weighted by atomic mass is 32.2. The zero-order chi connectivity index (χ0) is 19.5. The first-order valence-corrected chi connectivity index (χ1v) is 10.5. The predicted octanol–water partition coefficient (Wildman–Crippen LogP) is 4.00. The quantitative estimate of drug-likeness (QED) is 0.755. The lowest BCUT2D eigenvalue weighted by Crippen LogP contribution is -2.23. The first-order valence-electron chi connectivity index (χ1n) is 8.23. The summed E-state index contributed by atoms with van der Waals surface area (Å²) in [6.07, 6.45) is 0. The van der Waals surface area contributed by atoms with E-state index in [4.69, 9.17) is 0 Å². The Morgan fingerprint density at radius 1 is 1.12 bits per heavy atom. The second kappa shape index (κ2) is 8.24. The Morgan fingerprint density at radius 3 is 2.38 bits per heavy atom. The molecular formula is C19H24N2O3S2. The molecule has 2 aromatic carbocycles. The van der Waals surface area contributed by atoms with Crippen LogP contribution in [-0.2, 0) is 10.0 Å². The molecule has 1 amide bonds. The van der Waals surface area contributed by atoms with Gasteiger partial charge in [-0.15, -0.1) is 11.8 Å². The van der Waals surface area contributed by atoms with E-state index in [-0.39, 0.29) is 10.8 Å². The number of nitrogens with one attached hydrogen (secondary N) is 1. The van der Waals surface area contributed by atoms with Crippen LogP contribution in [0.25, 0.3) is 0 Å². The van der Waals surface area contributed by atoms with Gasteiger partial charge in [0.15, 0.2) is 0 Å².